The molecule has 0 radical (unpaired) electrons. The first-order chi connectivity index (χ1) is 16.0. The molecule has 1 aliphatic carbocycles. The summed E-state index contributed by atoms with van der Waals surface area (Å²) in [7, 11) is 0. The molecule has 2 N–H and O–H groups in total. The molecule has 0 spiro atoms. The van der Waals surface area contributed by atoms with E-state index in [1.54, 1.807) is 0 Å². The van der Waals surface area contributed by atoms with Crippen LogP contribution in [0, 0.1) is 11.2 Å². The Morgan fingerprint density at radius 3 is 2.26 bits per heavy atom. The van der Waals surface area contributed by atoms with Crippen molar-refractivity contribution in [3.8, 4) is 0 Å². The summed E-state index contributed by atoms with van der Waals surface area (Å²) in [6.07, 6.45) is 5.39. The van der Waals surface area contributed by atoms with Crippen LogP contribution in [0.2, 0.25) is 0 Å². The monoisotopic (exact) mass is 472 g/mol. The maximum absolute atomic E-state index is 15.0. The third kappa shape index (κ3) is 5.73. The third-order valence-electron chi connectivity index (χ3n) is 7.50. The first-order valence-corrected chi connectivity index (χ1v) is 13.0. The van der Waals surface area contributed by atoms with Crippen LogP contribution in [0.15, 0.2) is 23.2 Å². The zero-order valence-corrected chi connectivity index (χ0v) is 22.3. The topological polar surface area (TPSA) is 58.0 Å². The van der Waals surface area contributed by atoms with Gasteiger partial charge in [0.1, 0.15) is 11.7 Å². The fourth-order valence-corrected chi connectivity index (χ4v) is 5.59. The lowest BCUT2D eigenvalue weighted by Gasteiger charge is -2.57. The number of nitrogens with zero attached hydrogens (tertiary/aromatic N) is 4. The van der Waals surface area contributed by atoms with E-state index in [2.05, 4.69) is 68.5 Å². The van der Waals surface area contributed by atoms with Gasteiger partial charge in [0, 0.05) is 55.4 Å². The van der Waals surface area contributed by atoms with E-state index in [0.29, 0.717) is 17.4 Å². The van der Waals surface area contributed by atoms with Gasteiger partial charge in [0.2, 0.25) is 5.96 Å². The number of piperazine rings is 1. The molecule has 1 heterocycles. The highest BCUT2D eigenvalue weighted by Gasteiger charge is 2.46. The van der Waals surface area contributed by atoms with Crippen LogP contribution >= 0.6 is 0 Å². The molecule has 2 fully saturated rings. The largest absolute Gasteiger partial charge is 0.367 e. The Balaban J connectivity index is 1.72. The highest BCUT2D eigenvalue weighted by molar-refractivity contribution is 6.01. The van der Waals surface area contributed by atoms with Crippen molar-refractivity contribution >= 4 is 23.2 Å². The summed E-state index contributed by atoms with van der Waals surface area (Å²) in [5.41, 5.74) is 1.23. The molecule has 1 aromatic carbocycles. The lowest BCUT2D eigenvalue weighted by atomic mass is 9.71. The molecule has 1 aliphatic heterocycles. The van der Waals surface area contributed by atoms with Crippen molar-refractivity contribution in [2.75, 3.05) is 36.4 Å². The molecule has 0 atom stereocenters. The van der Waals surface area contributed by atoms with E-state index < -0.39 is 0 Å². The summed E-state index contributed by atoms with van der Waals surface area (Å²) in [5.74, 6) is 0.715. The number of anilines is 2. The second-order valence-electron chi connectivity index (χ2n) is 11.1. The summed E-state index contributed by atoms with van der Waals surface area (Å²) in [6.45, 7) is 19.0. The fourth-order valence-electron chi connectivity index (χ4n) is 5.59. The van der Waals surface area contributed by atoms with Crippen LogP contribution < -0.4 is 10.2 Å². The van der Waals surface area contributed by atoms with E-state index in [1.165, 1.54) is 25.3 Å². The average Bonchev–Trinajstić information content (AvgIpc) is 2.74. The number of hydrogen-bond acceptors (Lipinski definition) is 3. The molecule has 0 amide bonds. The van der Waals surface area contributed by atoms with Crippen LogP contribution in [0.1, 0.15) is 80.6 Å². The molecule has 190 valence electrons. The normalized spacial score (nSPS) is 19.2. The van der Waals surface area contributed by atoms with E-state index >= 15 is 0 Å². The SMILES string of the molecule is CC/C(=N\C(=N)Nc1ccc(N2CCN(C(C)C)CC2)c(F)c1)N(C(C)(C)C)C1(CC)CCC1. The average molecular weight is 473 g/mol. The number of rotatable bonds is 6. The molecule has 1 saturated carbocycles. The molecular formula is C27H45FN6. The van der Waals surface area contributed by atoms with Crippen LogP contribution in [-0.4, -0.2) is 64.9 Å². The van der Waals surface area contributed by atoms with Gasteiger partial charge in [-0.05, 0) is 78.5 Å². The van der Waals surface area contributed by atoms with E-state index in [1.807, 2.05) is 12.1 Å². The molecule has 0 bridgehead atoms. The summed E-state index contributed by atoms with van der Waals surface area (Å²) >= 11 is 0. The Morgan fingerprint density at radius 2 is 1.82 bits per heavy atom. The summed E-state index contributed by atoms with van der Waals surface area (Å²) in [6, 6.07) is 5.68. The van der Waals surface area contributed by atoms with Gasteiger partial charge in [-0.2, -0.15) is 0 Å². The second-order valence-corrected chi connectivity index (χ2v) is 11.1. The molecule has 1 saturated heterocycles. The van der Waals surface area contributed by atoms with Gasteiger partial charge >= 0.3 is 0 Å². The van der Waals surface area contributed by atoms with Crippen LogP contribution in [0.4, 0.5) is 15.8 Å². The van der Waals surface area contributed by atoms with Gasteiger partial charge in [0.15, 0.2) is 0 Å². The number of hydrogen-bond donors (Lipinski definition) is 2. The van der Waals surface area contributed by atoms with E-state index in [-0.39, 0.29) is 22.9 Å². The number of nitrogens with one attached hydrogen (secondary N) is 2. The minimum absolute atomic E-state index is 0.0503. The zero-order chi connectivity index (χ0) is 25.1. The van der Waals surface area contributed by atoms with Gasteiger partial charge in [-0.3, -0.25) is 10.3 Å². The Bertz CT molecular complexity index is 870. The smallest absolute Gasteiger partial charge is 0.221 e. The lowest BCUT2D eigenvalue weighted by molar-refractivity contribution is 0.00999. The van der Waals surface area contributed by atoms with E-state index in [4.69, 9.17) is 10.4 Å². The zero-order valence-electron chi connectivity index (χ0n) is 22.3. The first-order valence-electron chi connectivity index (χ1n) is 13.0. The summed E-state index contributed by atoms with van der Waals surface area (Å²) in [4.78, 5) is 11.7. The van der Waals surface area contributed by atoms with Crippen molar-refractivity contribution in [1.82, 2.24) is 9.80 Å². The maximum Gasteiger partial charge on any atom is 0.221 e. The third-order valence-corrected chi connectivity index (χ3v) is 7.50. The Morgan fingerprint density at radius 1 is 1.18 bits per heavy atom. The quantitative estimate of drug-likeness (QED) is 0.397. The molecule has 0 unspecified atom stereocenters. The Kier molecular flexibility index (Phi) is 8.27. The molecule has 7 heteroatoms. The molecule has 1 aromatic rings. The Hall–Kier alpha value is -2.15. The van der Waals surface area contributed by atoms with Crippen molar-refractivity contribution in [2.45, 2.75) is 97.7 Å². The van der Waals surface area contributed by atoms with E-state index in [0.717, 1.165) is 44.9 Å². The van der Waals surface area contributed by atoms with Crippen LogP contribution in [-0.2, 0) is 0 Å². The number of aliphatic imine (C=N–C) groups is 1. The first kappa shape index (κ1) is 26.5. The van der Waals surface area contributed by atoms with Crippen molar-refractivity contribution in [1.29, 1.82) is 5.41 Å². The van der Waals surface area contributed by atoms with Crippen LogP contribution in [0.5, 0.6) is 0 Å². The fraction of sp³-hybridized carbons (Fsp3) is 0.704. The molecule has 3 rings (SSSR count). The van der Waals surface area contributed by atoms with Gasteiger partial charge in [0.25, 0.3) is 0 Å². The minimum atomic E-state index is -0.258. The van der Waals surface area contributed by atoms with Gasteiger partial charge in [-0.25, -0.2) is 9.38 Å². The summed E-state index contributed by atoms with van der Waals surface area (Å²) in [5, 5.41) is 11.5. The highest BCUT2D eigenvalue weighted by atomic mass is 19.1. The van der Waals surface area contributed by atoms with Gasteiger partial charge in [-0.1, -0.05) is 13.8 Å². The molecule has 2 aliphatic rings. The van der Waals surface area contributed by atoms with Crippen LogP contribution in [0.3, 0.4) is 0 Å². The second kappa shape index (κ2) is 10.6. The van der Waals surface area contributed by atoms with Crippen molar-refractivity contribution in [3.05, 3.63) is 24.0 Å². The van der Waals surface area contributed by atoms with Crippen molar-refractivity contribution < 1.29 is 4.39 Å². The van der Waals surface area contributed by atoms with E-state index in [9.17, 15) is 4.39 Å². The number of guanidine groups is 1. The van der Waals surface area contributed by atoms with Crippen molar-refractivity contribution in [2.24, 2.45) is 4.99 Å². The molecular weight excluding hydrogens is 427 g/mol. The van der Waals surface area contributed by atoms with Gasteiger partial charge in [-0.15, -0.1) is 0 Å². The maximum atomic E-state index is 15.0. The van der Waals surface area contributed by atoms with Crippen LogP contribution in [0.25, 0.3) is 0 Å². The predicted molar refractivity (Wildman–Crippen MR) is 143 cm³/mol. The molecule has 0 aromatic heterocycles. The van der Waals surface area contributed by atoms with Gasteiger partial charge in [0.05, 0.1) is 5.69 Å². The number of halogens is 1. The Labute approximate surface area is 206 Å². The molecule has 34 heavy (non-hydrogen) atoms. The minimum Gasteiger partial charge on any atom is -0.367 e. The number of amidine groups is 1. The lowest BCUT2D eigenvalue weighted by Crippen LogP contribution is -2.62. The molecule has 6 nitrogen and oxygen atoms in total. The highest BCUT2D eigenvalue weighted by Crippen LogP contribution is 2.44. The number of benzene rings is 1. The van der Waals surface area contributed by atoms with Gasteiger partial charge < -0.3 is 15.1 Å². The predicted octanol–water partition coefficient (Wildman–Crippen LogP) is 5.94. The standard InChI is InChI=1S/C27H45FN6/c1-8-24(34(26(5,6)7)27(9-2)13-10-14-27)31-25(29)30-21-11-12-23(22(28)19-21)33-17-15-32(16-18-33)20(3)4/h11-12,19-20H,8-10,13-18H2,1-7H3,(H2,29,30)/b31-24+. The van der Waals surface area contributed by atoms with Crippen molar-refractivity contribution in [3.63, 3.8) is 0 Å². The summed E-state index contributed by atoms with van der Waals surface area (Å²) < 4.78 is 15.0.